The van der Waals surface area contributed by atoms with Crippen LogP contribution in [-0.2, 0) is 11.3 Å². The fraction of sp³-hybridized carbons (Fsp3) is 0.273. The van der Waals surface area contributed by atoms with E-state index in [1.807, 2.05) is 0 Å². The van der Waals surface area contributed by atoms with Crippen molar-refractivity contribution in [3.8, 4) is 12.3 Å². The van der Waals surface area contributed by atoms with Crippen molar-refractivity contribution in [3.05, 3.63) is 28.7 Å². The quantitative estimate of drug-likeness (QED) is 0.677. The largest absolute Gasteiger partial charge is 0.398 e. The van der Waals surface area contributed by atoms with Gasteiger partial charge in [0.15, 0.2) is 0 Å². The predicted octanol–water partition coefficient (Wildman–Crippen LogP) is -0.432. The normalized spacial score (nSPS) is 11.5. The van der Waals surface area contributed by atoms with Crippen molar-refractivity contribution in [2.45, 2.75) is 19.5 Å². The molecule has 3 N–H and O–H groups in total. The Kier molecular flexibility index (Phi) is 3.72. The second-order valence-electron chi connectivity index (χ2n) is 3.38. The number of nitrogens with one attached hydrogen (secondary N) is 1. The molecule has 0 aliphatic rings. The van der Waals surface area contributed by atoms with Crippen LogP contribution in [0.15, 0.2) is 23.1 Å². The summed E-state index contributed by atoms with van der Waals surface area (Å²) in [6.07, 6.45) is 6.53. The number of terminal acetylenes is 1. The van der Waals surface area contributed by atoms with Crippen LogP contribution in [0.3, 0.4) is 0 Å². The molecule has 0 aromatic carbocycles. The van der Waals surface area contributed by atoms with E-state index in [2.05, 4.69) is 11.2 Å². The van der Waals surface area contributed by atoms with Crippen LogP contribution in [0.4, 0.5) is 5.69 Å². The third-order valence-corrected chi connectivity index (χ3v) is 1.95. The Bertz CT molecular complexity index is 485. The fourth-order valence-corrected chi connectivity index (χ4v) is 1.16. The highest BCUT2D eigenvalue weighted by Gasteiger charge is 2.06. The number of hydrogen-bond donors (Lipinski definition) is 2. The summed E-state index contributed by atoms with van der Waals surface area (Å²) in [6, 6.07) is 2.44. The maximum atomic E-state index is 11.4. The van der Waals surface area contributed by atoms with Gasteiger partial charge in [-0.15, -0.1) is 6.42 Å². The Balaban J connectivity index is 2.74. The number of carbonyl (C=O) groups excluding carboxylic acids is 1. The highest BCUT2D eigenvalue weighted by Crippen LogP contribution is 1.95. The summed E-state index contributed by atoms with van der Waals surface area (Å²) in [4.78, 5) is 22.8. The molecule has 1 unspecified atom stereocenters. The van der Waals surface area contributed by atoms with Crippen molar-refractivity contribution in [3.63, 3.8) is 0 Å². The third kappa shape index (κ3) is 3.17. The Morgan fingerprint density at radius 2 is 2.38 bits per heavy atom. The lowest BCUT2D eigenvalue weighted by Crippen LogP contribution is -2.36. The Morgan fingerprint density at radius 3 is 3.00 bits per heavy atom. The van der Waals surface area contributed by atoms with E-state index in [4.69, 9.17) is 12.2 Å². The molecular weight excluding hydrogens is 206 g/mol. The second kappa shape index (κ2) is 5.03. The minimum Gasteiger partial charge on any atom is -0.398 e. The summed E-state index contributed by atoms with van der Waals surface area (Å²) in [6.45, 7) is 1.59. The lowest BCUT2D eigenvalue weighted by Gasteiger charge is -2.09. The van der Waals surface area contributed by atoms with Gasteiger partial charge in [0.25, 0.3) is 5.56 Å². The number of carbonyl (C=O) groups is 1. The molecule has 16 heavy (non-hydrogen) atoms. The minimum absolute atomic E-state index is 0.0874. The smallest absolute Gasteiger partial charge is 0.251 e. The van der Waals surface area contributed by atoms with Crippen molar-refractivity contribution in [2.75, 3.05) is 5.73 Å². The Hall–Kier alpha value is -2.22. The van der Waals surface area contributed by atoms with Crippen LogP contribution < -0.4 is 16.6 Å². The molecule has 1 atom stereocenters. The first-order valence-corrected chi connectivity index (χ1v) is 4.74. The van der Waals surface area contributed by atoms with Gasteiger partial charge >= 0.3 is 0 Å². The van der Waals surface area contributed by atoms with Gasteiger partial charge in [-0.2, -0.15) is 0 Å². The van der Waals surface area contributed by atoms with E-state index in [9.17, 15) is 9.59 Å². The average molecular weight is 219 g/mol. The van der Waals surface area contributed by atoms with Crippen molar-refractivity contribution in [2.24, 2.45) is 0 Å². The van der Waals surface area contributed by atoms with Gasteiger partial charge in [0.1, 0.15) is 6.54 Å². The number of nitrogens with two attached hydrogens (primary N) is 1. The number of rotatable bonds is 3. The number of anilines is 1. The Labute approximate surface area is 93.3 Å². The van der Waals surface area contributed by atoms with Gasteiger partial charge in [-0.3, -0.25) is 9.59 Å². The van der Waals surface area contributed by atoms with Crippen LogP contribution in [0, 0.1) is 12.3 Å². The van der Waals surface area contributed by atoms with Crippen molar-refractivity contribution in [1.82, 2.24) is 9.88 Å². The van der Waals surface area contributed by atoms with E-state index in [-0.39, 0.29) is 24.1 Å². The van der Waals surface area contributed by atoms with Gasteiger partial charge in [0.05, 0.1) is 6.04 Å². The molecule has 84 valence electrons. The number of hydrogen-bond acceptors (Lipinski definition) is 3. The SMILES string of the molecule is C#CC(C)NC(=O)Cn1cc(N)ccc1=O. The van der Waals surface area contributed by atoms with Gasteiger partial charge < -0.3 is 15.6 Å². The third-order valence-electron chi connectivity index (χ3n) is 1.95. The van der Waals surface area contributed by atoms with Gasteiger partial charge in [-0.1, -0.05) is 5.92 Å². The summed E-state index contributed by atoms with van der Waals surface area (Å²) < 4.78 is 1.23. The van der Waals surface area contributed by atoms with E-state index in [1.54, 1.807) is 6.92 Å². The highest BCUT2D eigenvalue weighted by molar-refractivity contribution is 5.76. The molecule has 0 saturated heterocycles. The molecule has 1 heterocycles. The van der Waals surface area contributed by atoms with Crippen LogP contribution in [0.5, 0.6) is 0 Å². The Morgan fingerprint density at radius 1 is 1.69 bits per heavy atom. The first-order chi connectivity index (χ1) is 7.52. The number of nitrogen functional groups attached to an aromatic ring is 1. The topological polar surface area (TPSA) is 77.1 Å². The lowest BCUT2D eigenvalue weighted by molar-refractivity contribution is -0.121. The molecule has 1 rings (SSSR count). The number of amides is 1. The second-order valence-corrected chi connectivity index (χ2v) is 3.38. The van der Waals surface area contributed by atoms with Crippen LogP contribution in [-0.4, -0.2) is 16.5 Å². The molecule has 5 nitrogen and oxygen atoms in total. The number of nitrogens with zero attached hydrogens (tertiary/aromatic N) is 1. The molecule has 0 bridgehead atoms. The summed E-state index contributed by atoms with van der Waals surface area (Å²) >= 11 is 0. The molecule has 1 aromatic heterocycles. The van der Waals surface area contributed by atoms with Gasteiger partial charge in [0, 0.05) is 18.0 Å². The highest BCUT2D eigenvalue weighted by atomic mass is 16.2. The molecule has 0 radical (unpaired) electrons. The molecule has 0 saturated carbocycles. The zero-order valence-corrected chi connectivity index (χ0v) is 8.93. The van der Waals surface area contributed by atoms with E-state index in [0.29, 0.717) is 5.69 Å². The van der Waals surface area contributed by atoms with E-state index in [1.165, 1.54) is 22.9 Å². The van der Waals surface area contributed by atoms with E-state index < -0.39 is 0 Å². The maximum absolute atomic E-state index is 11.4. The van der Waals surface area contributed by atoms with Crippen molar-refractivity contribution < 1.29 is 4.79 Å². The predicted molar refractivity (Wildman–Crippen MR) is 61.6 cm³/mol. The summed E-state index contributed by atoms with van der Waals surface area (Å²) in [5.74, 6) is 2.04. The molecule has 0 aliphatic carbocycles. The van der Waals surface area contributed by atoms with Crippen molar-refractivity contribution >= 4 is 11.6 Å². The lowest BCUT2D eigenvalue weighted by atomic mass is 10.3. The standard InChI is InChI=1S/C11H13N3O2/c1-3-8(2)13-10(15)7-14-6-9(12)4-5-11(14)16/h1,4-6,8H,7,12H2,2H3,(H,13,15). The maximum Gasteiger partial charge on any atom is 0.251 e. The van der Waals surface area contributed by atoms with Crippen LogP contribution in [0.2, 0.25) is 0 Å². The zero-order valence-electron chi connectivity index (χ0n) is 8.93. The molecule has 0 fully saturated rings. The summed E-state index contributed by atoms with van der Waals surface area (Å²) in [7, 11) is 0. The van der Waals surface area contributed by atoms with Gasteiger partial charge in [0.2, 0.25) is 5.91 Å². The van der Waals surface area contributed by atoms with Crippen LogP contribution in [0.1, 0.15) is 6.92 Å². The average Bonchev–Trinajstić information content (AvgIpc) is 2.23. The van der Waals surface area contributed by atoms with Crippen LogP contribution >= 0.6 is 0 Å². The molecule has 5 heteroatoms. The molecule has 0 aliphatic heterocycles. The summed E-state index contributed by atoms with van der Waals surface area (Å²) in [5, 5.41) is 2.55. The molecule has 0 spiro atoms. The number of pyridine rings is 1. The number of aromatic nitrogens is 1. The van der Waals surface area contributed by atoms with E-state index >= 15 is 0 Å². The molecular formula is C11H13N3O2. The van der Waals surface area contributed by atoms with Gasteiger partial charge in [-0.05, 0) is 13.0 Å². The first-order valence-electron chi connectivity index (χ1n) is 4.74. The van der Waals surface area contributed by atoms with Crippen molar-refractivity contribution in [1.29, 1.82) is 0 Å². The first kappa shape index (κ1) is 11.9. The van der Waals surface area contributed by atoms with E-state index in [0.717, 1.165) is 0 Å². The molecule has 1 aromatic rings. The fourth-order valence-electron chi connectivity index (χ4n) is 1.16. The summed E-state index contributed by atoms with van der Waals surface area (Å²) in [5.41, 5.74) is 5.66. The van der Waals surface area contributed by atoms with Crippen LogP contribution in [0.25, 0.3) is 0 Å². The monoisotopic (exact) mass is 219 g/mol. The minimum atomic E-state index is -0.357. The zero-order chi connectivity index (χ0) is 12.1. The molecule has 1 amide bonds. The van der Waals surface area contributed by atoms with Gasteiger partial charge in [-0.25, -0.2) is 0 Å².